The molecule has 2 N–H and O–H groups in total. The van der Waals surface area contributed by atoms with Crippen LogP contribution in [0.2, 0.25) is 0 Å². The van der Waals surface area contributed by atoms with Crippen LogP contribution in [0.5, 0.6) is 5.75 Å². The summed E-state index contributed by atoms with van der Waals surface area (Å²) in [4.78, 5) is 16.3. The molecular weight excluding hydrogens is 276 g/mol. The Morgan fingerprint density at radius 2 is 1.95 bits per heavy atom. The second kappa shape index (κ2) is 4.96. The molecule has 3 aromatic heterocycles. The molecule has 0 saturated carbocycles. The fourth-order valence-corrected chi connectivity index (χ4v) is 2.47. The topological polar surface area (TPSA) is 74.7 Å². The van der Waals surface area contributed by atoms with Crippen molar-refractivity contribution in [1.29, 1.82) is 0 Å². The molecule has 4 rings (SSSR count). The van der Waals surface area contributed by atoms with Gasteiger partial charge in [-0.05, 0) is 24.3 Å². The summed E-state index contributed by atoms with van der Waals surface area (Å²) in [6.45, 7) is 0. The monoisotopic (exact) mass is 288 g/mol. The van der Waals surface area contributed by atoms with Gasteiger partial charge in [0, 0.05) is 35.8 Å². The third-order valence-corrected chi connectivity index (χ3v) is 3.46. The van der Waals surface area contributed by atoms with E-state index in [2.05, 4.69) is 19.9 Å². The molecule has 0 amide bonds. The smallest absolute Gasteiger partial charge is 0.157 e. The lowest BCUT2D eigenvalue weighted by Crippen LogP contribution is -1.84. The number of nitrogens with zero attached hydrogens (tertiary/aromatic N) is 3. The van der Waals surface area contributed by atoms with Gasteiger partial charge in [-0.1, -0.05) is 12.1 Å². The molecule has 0 spiro atoms. The summed E-state index contributed by atoms with van der Waals surface area (Å²) in [5, 5.41) is 9.96. The van der Waals surface area contributed by atoms with Crippen molar-refractivity contribution in [2.24, 2.45) is 0 Å². The number of H-pyrrole nitrogens is 1. The van der Waals surface area contributed by atoms with Crippen LogP contribution in [-0.4, -0.2) is 25.0 Å². The van der Waals surface area contributed by atoms with Crippen molar-refractivity contribution in [3.05, 3.63) is 61.1 Å². The largest absolute Gasteiger partial charge is 0.508 e. The van der Waals surface area contributed by atoms with E-state index in [0.717, 1.165) is 22.3 Å². The third kappa shape index (κ3) is 2.09. The van der Waals surface area contributed by atoms with Gasteiger partial charge >= 0.3 is 0 Å². The van der Waals surface area contributed by atoms with Crippen LogP contribution in [0.3, 0.4) is 0 Å². The van der Waals surface area contributed by atoms with Crippen molar-refractivity contribution >= 4 is 11.0 Å². The Morgan fingerprint density at radius 3 is 2.73 bits per heavy atom. The highest BCUT2D eigenvalue weighted by Gasteiger charge is 2.12. The normalized spacial score (nSPS) is 10.9. The highest BCUT2D eigenvalue weighted by molar-refractivity contribution is 5.94. The maximum atomic E-state index is 9.96. The van der Waals surface area contributed by atoms with E-state index in [1.807, 2.05) is 30.3 Å². The first kappa shape index (κ1) is 12.5. The fourth-order valence-electron chi connectivity index (χ4n) is 2.47. The number of phenolic OH excluding ortho intramolecular Hbond substituents is 1. The number of fused-ring (bicyclic) bond motifs is 1. The first-order valence-electron chi connectivity index (χ1n) is 6.86. The lowest BCUT2D eigenvalue weighted by Gasteiger charge is -2.03. The predicted molar refractivity (Wildman–Crippen MR) is 84.2 cm³/mol. The summed E-state index contributed by atoms with van der Waals surface area (Å²) in [6.07, 6.45) is 5.20. The van der Waals surface area contributed by atoms with Crippen molar-refractivity contribution in [1.82, 2.24) is 19.9 Å². The fraction of sp³-hybridized carbons (Fsp3) is 0. The van der Waals surface area contributed by atoms with Crippen LogP contribution < -0.4 is 0 Å². The Morgan fingerprint density at radius 1 is 1.00 bits per heavy atom. The second-order valence-electron chi connectivity index (χ2n) is 4.93. The van der Waals surface area contributed by atoms with E-state index in [4.69, 9.17) is 0 Å². The number of aromatic amines is 1. The van der Waals surface area contributed by atoms with E-state index in [0.29, 0.717) is 11.3 Å². The number of aromatic hydroxyl groups is 1. The molecule has 0 aliphatic rings. The average molecular weight is 288 g/mol. The molecule has 22 heavy (non-hydrogen) atoms. The molecule has 5 nitrogen and oxygen atoms in total. The summed E-state index contributed by atoms with van der Waals surface area (Å²) in [5.41, 5.74) is 4.08. The van der Waals surface area contributed by atoms with Crippen molar-refractivity contribution in [3.8, 4) is 28.4 Å². The molecule has 4 aromatic rings. The minimum atomic E-state index is 0.172. The molecule has 3 heterocycles. The Hall–Kier alpha value is -3.21. The van der Waals surface area contributed by atoms with Crippen LogP contribution in [0.4, 0.5) is 0 Å². The summed E-state index contributed by atoms with van der Waals surface area (Å²) in [6, 6.07) is 12.8. The van der Waals surface area contributed by atoms with Gasteiger partial charge < -0.3 is 10.1 Å². The molecule has 1 aromatic carbocycles. The molecule has 0 saturated heterocycles. The quantitative estimate of drug-likeness (QED) is 0.593. The van der Waals surface area contributed by atoms with Gasteiger partial charge in [0.2, 0.25) is 0 Å². The van der Waals surface area contributed by atoms with Crippen molar-refractivity contribution in [2.45, 2.75) is 0 Å². The zero-order valence-corrected chi connectivity index (χ0v) is 11.6. The van der Waals surface area contributed by atoms with Crippen LogP contribution in [-0.2, 0) is 0 Å². The number of aromatic nitrogens is 4. The van der Waals surface area contributed by atoms with Crippen LogP contribution in [0.25, 0.3) is 33.7 Å². The van der Waals surface area contributed by atoms with Crippen molar-refractivity contribution < 1.29 is 5.11 Å². The molecule has 5 heteroatoms. The molecule has 0 radical (unpaired) electrons. The Bertz CT molecular complexity index is 933. The van der Waals surface area contributed by atoms with Crippen LogP contribution in [0.1, 0.15) is 0 Å². The first-order chi connectivity index (χ1) is 10.8. The van der Waals surface area contributed by atoms with E-state index in [1.165, 1.54) is 0 Å². The predicted octanol–water partition coefficient (Wildman–Crippen LogP) is 3.39. The molecule has 0 aliphatic carbocycles. The maximum absolute atomic E-state index is 9.96. The van der Waals surface area contributed by atoms with Crippen molar-refractivity contribution in [2.75, 3.05) is 0 Å². The van der Waals surface area contributed by atoms with Gasteiger partial charge in [-0.25, -0.2) is 4.98 Å². The minimum Gasteiger partial charge on any atom is -0.508 e. The number of rotatable bonds is 2. The average Bonchev–Trinajstić information content (AvgIpc) is 2.99. The number of benzene rings is 1. The summed E-state index contributed by atoms with van der Waals surface area (Å²) < 4.78 is 0. The third-order valence-electron chi connectivity index (χ3n) is 3.46. The molecular formula is C17H12N4O. The summed E-state index contributed by atoms with van der Waals surface area (Å²) in [7, 11) is 0. The van der Waals surface area contributed by atoms with Crippen LogP contribution >= 0.6 is 0 Å². The van der Waals surface area contributed by atoms with Gasteiger partial charge in [0.15, 0.2) is 5.82 Å². The maximum Gasteiger partial charge on any atom is 0.157 e. The number of hydrogen-bond acceptors (Lipinski definition) is 4. The van der Waals surface area contributed by atoms with E-state index < -0.39 is 0 Å². The lowest BCUT2D eigenvalue weighted by atomic mass is 10.1. The standard InChI is InChI=1S/C17H12N4O/c22-12-8-13(11-4-3-6-18-10-11)16-15(9-12)20-17(21-16)14-5-1-2-7-19-14/h1-10,22H,(H,20,21). The molecule has 106 valence electrons. The lowest BCUT2D eigenvalue weighted by molar-refractivity contribution is 0.476. The van der Waals surface area contributed by atoms with Crippen LogP contribution in [0, 0.1) is 0 Å². The van der Waals surface area contributed by atoms with Crippen LogP contribution in [0.15, 0.2) is 61.1 Å². The van der Waals surface area contributed by atoms with Gasteiger partial charge in [0.05, 0.1) is 11.0 Å². The van der Waals surface area contributed by atoms with E-state index in [1.54, 1.807) is 30.7 Å². The van der Waals surface area contributed by atoms with Gasteiger partial charge in [-0.3, -0.25) is 9.97 Å². The van der Waals surface area contributed by atoms with Gasteiger partial charge in [0.1, 0.15) is 11.4 Å². The highest BCUT2D eigenvalue weighted by Crippen LogP contribution is 2.32. The van der Waals surface area contributed by atoms with Gasteiger partial charge in [-0.2, -0.15) is 0 Å². The number of hydrogen-bond donors (Lipinski definition) is 2. The molecule has 0 atom stereocenters. The summed E-state index contributed by atoms with van der Waals surface area (Å²) >= 11 is 0. The number of pyridine rings is 2. The molecule has 0 bridgehead atoms. The van der Waals surface area contributed by atoms with E-state index in [9.17, 15) is 5.11 Å². The van der Waals surface area contributed by atoms with Gasteiger partial charge in [0.25, 0.3) is 0 Å². The number of nitrogens with one attached hydrogen (secondary N) is 1. The minimum absolute atomic E-state index is 0.172. The molecule has 0 aliphatic heterocycles. The Kier molecular flexibility index (Phi) is 2.83. The van der Waals surface area contributed by atoms with Crippen molar-refractivity contribution in [3.63, 3.8) is 0 Å². The molecule has 0 unspecified atom stereocenters. The van der Waals surface area contributed by atoms with E-state index >= 15 is 0 Å². The molecule has 0 fully saturated rings. The van der Waals surface area contributed by atoms with Gasteiger partial charge in [-0.15, -0.1) is 0 Å². The number of phenols is 1. The second-order valence-corrected chi connectivity index (χ2v) is 4.93. The van der Waals surface area contributed by atoms with E-state index in [-0.39, 0.29) is 5.75 Å². The zero-order valence-electron chi connectivity index (χ0n) is 11.6. The SMILES string of the molecule is Oc1cc(-c2cccnc2)c2[nH]c(-c3ccccn3)nc2c1. The summed E-state index contributed by atoms with van der Waals surface area (Å²) in [5.74, 6) is 0.844. The first-order valence-corrected chi connectivity index (χ1v) is 6.86. The zero-order chi connectivity index (χ0) is 14.9. The Balaban J connectivity index is 1.97. The highest BCUT2D eigenvalue weighted by atomic mass is 16.3. The number of imidazole rings is 1. The Labute approximate surface area is 126 Å².